The highest BCUT2D eigenvalue weighted by Crippen LogP contribution is 2.24. The van der Waals surface area contributed by atoms with Crippen molar-refractivity contribution in [2.45, 2.75) is 19.8 Å². The van der Waals surface area contributed by atoms with E-state index in [9.17, 15) is 4.79 Å². The molecule has 0 aliphatic rings. The summed E-state index contributed by atoms with van der Waals surface area (Å²) in [5.74, 6) is -0.213. The maximum Gasteiger partial charge on any atom is 0.195 e. The normalized spacial score (nSPS) is 12.0. The summed E-state index contributed by atoms with van der Waals surface area (Å²) >= 11 is 4.09. The molecule has 0 aromatic heterocycles. The van der Waals surface area contributed by atoms with E-state index in [2.05, 4.69) is 49.6 Å². The Hall–Kier alpha value is -1.74. The van der Waals surface area contributed by atoms with Crippen LogP contribution >= 0.6 is 12.6 Å². The van der Waals surface area contributed by atoms with E-state index >= 15 is 0 Å². The SMILES string of the molecule is CCN(CC(C(=O)S)c1ccccc1)c1cccc(C)c1. The van der Waals surface area contributed by atoms with Crippen LogP contribution in [-0.4, -0.2) is 18.2 Å². The van der Waals surface area contributed by atoms with E-state index in [1.807, 2.05) is 36.4 Å². The van der Waals surface area contributed by atoms with E-state index in [1.54, 1.807) is 0 Å². The molecule has 110 valence electrons. The van der Waals surface area contributed by atoms with Crippen molar-refractivity contribution < 1.29 is 4.79 Å². The van der Waals surface area contributed by atoms with Gasteiger partial charge in [-0.15, -0.1) is 12.6 Å². The Morgan fingerprint density at radius 1 is 1.14 bits per heavy atom. The van der Waals surface area contributed by atoms with E-state index < -0.39 is 0 Å². The maximum atomic E-state index is 11.9. The number of hydrogen-bond acceptors (Lipinski definition) is 2. The standard InChI is InChI=1S/C18H21NOS/c1-3-19(16-11-7-8-14(2)12-16)13-17(18(20)21)15-9-5-4-6-10-15/h4-12,17H,3,13H2,1-2H3,(H,20,21). The van der Waals surface area contributed by atoms with E-state index in [-0.39, 0.29) is 11.0 Å². The second-order valence-corrected chi connectivity index (χ2v) is 5.62. The van der Waals surface area contributed by atoms with Gasteiger partial charge in [0, 0.05) is 18.8 Å². The summed E-state index contributed by atoms with van der Waals surface area (Å²) in [6, 6.07) is 18.2. The number of anilines is 1. The number of carbonyl (C=O) groups excluding carboxylic acids is 1. The van der Waals surface area contributed by atoms with Crippen molar-refractivity contribution in [2.24, 2.45) is 0 Å². The smallest absolute Gasteiger partial charge is 0.195 e. The Morgan fingerprint density at radius 3 is 2.43 bits per heavy atom. The van der Waals surface area contributed by atoms with Gasteiger partial charge in [-0.25, -0.2) is 0 Å². The van der Waals surface area contributed by atoms with Crippen molar-refractivity contribution in [2.75, 3.05) is 18.0 Å². The van der Waals surface area contributed by atoms with Crippen LogP contribution in [0.5, 0.6) is 0 Å². The van der Waals surface area contributed by atoms with Gasteiger partial charge in [0.2, 0.25) is 0 Å². The zero-order chi connectivity index (χ0) is 15.2. The van der Waals surface area contributed by atoms with Crippen LogP contribution in [0, 0.1) is 6.92 Å². The number of carbonyl (C=O) groups is 1. The summed E-state index contributed by atoms with van der Waals surface area (Å²) < 4.78 is 0. The molecule has 1 unspecified atom stereocenters. The molecule has 0 bridgehead atoms. The lowest BCUT2D eigenvalue weighted by atomic mass is 9.99. The first kappa shape index (κ1) is 15.6. The van der Waals surface area contributed by atoms with E-state index in [0.29, 0.717) is 6.54 Å². The molecule has 0 saturated heterocycles. The number of aryl methyl sites for hydroxylation is 1. The number of nitrogens with zero attached hydrogens (tertiary/aromatic N) is 1. The summed E-state index contributed by atoms with van der Waals surface area (Å²) in [5.41, 5.74) is 3.39. The highest BCUT2D eigenvalue weighted by molar-refractivity contribution is 7.96. The van der Waals surface area contributed by atoms with Gasteiger partial charge in [-0.05, 0) is 37.1 Å². The van der Waals surface area contributed by atoms with Crippen LogP contribution in [0.2, 0.25) is 0 Å². The fourth-order valence-corrected chi connectivity index (χ4v) is 2.70. The molecule has 0 aliphatic heterocycles. The molecule has 0 aliphatic carbocycles. The quantitative estimate of drug-likeness (QED) is 0.812. The van der Waals surface area contributed by atoms with Crippen LogP contribution in [0.3, 0.4) is 0 Å². The van der Waals surface area contributed by atoms with Gasteiger partial charge in [0.25, 0.3) is 0 Å². The number of benzene rings is 2. The topological polar surface area (TPSA) is 20.3 Å². The molecular weight excluding hydrogens is 278 g/mol. The van der Waals surface area contributed by atoms with Gasteiger partial charge < -0.3 is 4.90 Å². The third kappa shape index (κ3) is 4.11. The lowest BCUT2D eigenvalue weighted by Crippen LogP contribution is -2.30. The molecule has 2 aromatic carbocycles. The Labute approximate surface area is 132 Å². The van der Waals surface area contributed by atoms with Gasteiger partial charge in [0.1, 0.15) is 0 Å². The highest BCUT2D eigenvalue weighted by atomic mass is 32.1. The number of rotatable bonds is 6. The third-order valence-corrected chi connectivity index (χ3v) is 3.96. The molecule has 1 atom stereocenters. The Balaban J connectivity index is 2.24. The van der Waals surface area contributed by atoms with Crippen molar-refractivity contribution in [1.29, 1.82) is 0 Å². The molecule has 0 N–H and O–H groups in total. The summed E-state index contributed by atoms with van der Waals surface area (Å²) in [6.45, 7) is 5.68. The zero-order valence-corrected chi connectivity index (χ0v) is 13.4. The van der Waals surface area contributed by atoms with Gasteiger partial charge in [-0.1, -0.05) is 42.5 Å². The van der Waals surface area contributed by atoms with Gasteiger partial charge in [-0.3, -0.25) is 4.79 Å². The third-order valence-electron chi connectivity index (χ3n) is 3.65. The van der Waals surface area contributed by atoms with E-state index in [0.717, 1.165) is 17.8 Å². The van der Waals surface area contributed by atoms with Gasteiger partial charge in [0.05, 0.1) is 5.92 Å². The van der Waals surface area contributed by atoms with Crippen molar-refractivity contribution in [3.8, 4) is 0 Å². The monoisotopic (exact) mass is 299 g/mol. The molecule has 3 heteroatoms. The first-order valence-corrected chi connectivity index (χ1v) is 7.66. The summed E-state index contributed by atoms with van der Waals surface area (Å²) in [6.07, 6.45) is 0. The van der Waals surface area contributed by atoms with Crippen molar-refractivity contribution >= 4 is 23.4 Å². The van der Waals surface area contributed by atoms with E-state index in [1.165, 1.54) is 5.56 Å². The van der Waals surface area contributed by atoms with Gasteiger partial charge in [0.15, 0.2) is 5.12 Å². The van der Waals surface area contributed by atoms with Gasteiger partial charge >= 0.3 is 0 Å². The average molecular weight is 299 g/mol. The number of likely N-dealkylation sites (N-methyl/N-ethyl adjacent to an activating group) is 1. The highest BCUT2D eigenvalue weighted by Gasteiger charge is 2.20. The van der Waals surface area contributed by atoms with Crippen LogP contribution in [0.15, 0.2) is 54.6 Å². The van der Waals surface area contributed by atoms with Crippen molar-refractivity contribution in [3.63, 3.8) is 0 Å². The molecule has 0 spiro atoms. The summed E-state index contributed by atoms with van der Waals surface area (Å²) in [7, 11) is 0. The van der Waals surface area contributed by atoms with Crippen LogP contribution in [0.1, 0.15) is 24.0 Å². The minimum atomic E-state index is -0.213. The second-order valence-electron chi connectivity index (χ2n) is 5.18. The first-order valence-electron chi connectivity index (χ1n) is 7.21. The van der Waals surface area contributed by atoms with Crippen LogP contribution in [-0.2, 0) is 4.79 Å². The molecule has 0 heterocycles. The van der Waals surface area contributed by atoms with E-state index in [4.69, 9.17) is 0 Å². The predicted molar refractivity (Wildman–Crippen MR) is 92.2 cm³/mol. The Bertz CT molecular complexity index is 597. The molecule has 0 radical (unpaired) electrons. The molecule has 0 fully saturated rings. The fourth-order valence-electron chi connectivity index (χ4n) is 2.47. The molecule has 2 aromatic rings. The van der Waals surface area contributed by atoms with Crippen LogP contribution in [0.4, 0.5) is 5.69 Å². The number of thiol groups is 1. The first-order chi connectivity index (χ1) is 10.1. The molecule has 2 rings (SSSR count). The molecule has 21 heavy (non-hydrogen) atoms. The Kier molecular flexibility index (Phi) is 5.45. The number of hydrogen-bond donors (Lipinski definition) is 1. The molecule has 0 amide bonds. The molecule has 2 nitrogen and oxygen atoms in total. The lowest BCUT2D eigenvalue weighted by Gasteiger charge is -2.27. The van der Waals surface area contributed by atoms with Crippen molar-refractivity contribution in [1.82, 2.24) is 0 Å². The van der Waals surface area contributed by atoms with Crippen LogP contribution in [0.25, 0.3) is 0 Å². The van der Waals surface area contributed by atoms with Crippen molar-refractivity contribution in [3.05, 3.63) is 65.7 Å². The lowest BCUT2D eigenvalue weighted by molar-refractivity contribution is -0.111. The largest absolute Gasteiger partial charge is 0.371 e. The zero-order valence-electron chi connectivity index (χ0n) is 12.5. The molecular formula is C18H21NOS. The van der Waals surface area contributed by atoms with Crippen LogP contribution < -0.4 is 4.90 Å². The predicted octanol–water partition coefficient (Wildman–Crippen LogP) is 4.06. The minimum absolute atomic E-state index is 0.0905. The summed E-state index contributed by atoms with van der Waals surface area (Å²) in [5, 5.41) is -0.0905. The Morgan fingerprint density at radius 2 is 1.86 bits per heavy atom. The fraction of sp³-hybridized carbons (Fsp3) is 0.278. The molecule has 0 saturated carbocycles. The minimum Gasteiger partial charge on any atom is -0.371 e. The summed E-state index contributed by atoms with van der Waals surface area (Å²) in [4.78, 5) is 14.2. The van der Waals surface area contributed by atoms with Gasteiger partial charge in [-0.2, -0.15) is 0 Å². The second kappa shape index (κ2) is 7.32. The average Bonchev–Trinajstić information content (AvgIpc) is 2.49. The maximum absolute atomic E-state index is 11.9.